The van der Waals surface area contributed by atoms with Crippen LogP contribution in [-0.2, 0) is 9.53 Å². The minimum Gasteiger partial charge on any atom is -0.443 e. The topological polar surface area (TPSA) is 29.5 Å². The molecule has 3 nitrogen and oxygen atoms in total. The summed E-state index contributed by atoms with van der Waals surface area (Å²) in [4.78, 5) is 12.7. The van der Waals surface area contributed by atoms with Crippen LogP contribution in [-0.4, -0.2) is 37.6 Å². The van der Waals surface area contributed by atoms with Gasteiger partial charge in [-0.3, -0.25) is 4.90 Å². The summed E-state index contributed by atoms with van der Waals surface area (Å²) in [7, 11) is 3.69. The molecule has 0 saturated heterocycles. The number of carbonyl (C=O) groups is 1. The molecular formula is C9H18ClNO2. The van der Waals surface area contributed by atoms with Crippen molar-refractivity contribution in [1.29, 1.82) is 0 Å². The Morgan fingerprint density at radius 3 is 2.08 bits per heavy atom. The van der Waals surface area contributed by atoms with E-state index in [2.05, 4.69) is 18.2 Å². The third-order valence-corrected chi connectivity index (χ3v) is 1.35. The molecule has 0 rings (SSSR count). The minimum atomic E-state index is -0.341. The second-order valence-corrected chi connectivity index (χ2v) is 2.75. The quantitative estimate of drug-likeness (QED) is 0.306. The van der Waals surface area contributed by atoms with Crippen LogP contribution in [0.3, 0.4) is 0 Å². The van der Waals surface area contributed by atoms with Crippen LogP contribution in [0, 0.1) is 0 Å². The van der Waals surface area contributed by atoms with Crippen molar-refractivity contribution in [3.63, 3.8) is 0 Å². The Hall–Kier alpha value is -0.540. The average molecular weight is 208 g/mol. The largest absolute Gasteiger partial charge is 0.443 e. The summed E-state index contributed by atoms with van der Waals surface area (Å²) in [5.74, 6) is -0.341. The average Bonchev–Trinajstić information content (AvgIpc) is 2.07. The van der Waals surface area contributed by atoms with Crippen LogP contribution in [0.25, 0.3) is 0 Å². The van der Waals surface area contributed by atoms with Gasteiger partial charge in [-0.25, -0.2) is 4.79 Å². The Kier molecular flexibility index (Phi) is 9.29. The van der Waals surface area contributed by atoms with Crippen LogP contribution in [0.4, 0.5) is 0 Å². The van der Waals surface area contributed by atoms with Gasteiger partial charge in [0, 0.05) is 12.0 Å². The van der Waals surface area contributed by atoms with Crippen LogP contribution in [0.1, 0.15) is 13.8 Å². The highest BCUT2D eigenvalue weighted by Crippen LogP contribution is 1.99. The van der Waals surface area contributed by atoms with Gasteiger partial charge in [0.1, 0.15) is 0 Å². The number of halogens is 1. The van der Waals surface area contributed by atoms with E-state index in [4.69, 9.17) is 4.74 Å². The lowest BCUT2D eigenvalue weighted by molar-refractivity contribution is -0.150. The fraction of sp³-hybridized carbons (Fsp3) is 0.667. The van der Waals surface area contributed by atoms with Gasteiger partial charge < -0.3 is 4.74 Å². The Morgan fingerprint density at radius 2 is 1.85 bits per heavy atom. The highest BCUT2D eigenvalue weighted by molar-refractivity contribution is 6.15. The maximum Gasteiger partial charge on any atom is 0.334 e. The zero-order valence-corrected chi connectivity index (χ0v) is 9.68. The Bertz CT molecular complexity index is 169. The van der Waals surface area contributed by atoms with E-state index in [-0.39, 0.29) is 12.2 Å². The monoisotopic (exact) mass is 207 g/mol. The zero-order valence-electron chi connectivity index (χ0n) is 8.93. The summed E-state index contributed by atoms with van der Waals surface area (Å²) in [6.45, 7) is 6.91. The molecule has 0 bridgehead atoms. The van der Waals surface area contributed by atoms with Crippen LogP contribution >= 0.6 is 11.6 Å². The van der Waals surface area contributed by atoms with E-state index in [0.29, 0.717) is 5.57 Å². The number of hydrogen-bond donors (Lipinski definition) is 0. The number of carbonyl (C=O) groups excluding carboxylic acids is 1. The van der Waals surface area contributed by atoms with Gasteiger partial charge in [0.05, 0.1) is 0 Å². The van der Waals surface area contributed by atoms with Crippen molar-refractivity contribution >= 4 is 17.6 Å². The minimum absolute atomic E-state index is 0.195. The van der Waals surface area contributed by atoms with Crippen molar-refractivity contribution in [3.8, 4) is 0 Å². The molecule has 0 spiro atoms. The van der Waals surface area contributed by atoms with Gasteiger partial charge in [-0.15, -0.1) is 11.6 Å². The number of alkyl halides is 1. The first-order chi connectivity index (χ1) is 5.95. The molecule has 0 aromatic carbocycles. The molecule has 78 valence electrons. The summed E-state index contributed by atoms with van der Waals surface area (Å²) < 4.78 is 4.96. The van der Waals surface area contributed by atoms with Crippen molar-refractivity contribution in [3.05, 3.63) is 12.2 Å². The predicted octanol–water partition coefficient (Wildman–Crippen LogP) is 1.87. The lowest BCUT2D eigenvalue weighted by atomic mass is 10.4. The second-order valence-electron chi connectivity index (χ2n) is 2.75. The fourth-order valence-electron chi connectivity index (χ4n) is 0.361. The number of hydrogen-bond acceptors (Lipinski definition) is 3. The van der Waals surface area contributed by atoms with Crippen LogP contribution in [0.5, 0.6) is 0 Å². The van der Waals surface area contributed by atoms with Crippen LogP contribution in [0.15, 0.2) is 12.2 Å². The first-order valence-electron chi connectivity index (χ1n) is 3.86. The van der Waals surface area contributed by atoms with E-state index in [1.54, 1.807) is 18.7 Å². The molecule has 0 aromatic heterocycles. The molecule has 0 amide bonds. The summed E-state index contributed by atoms with van der Waals surface area (Å²) in [5, 5.41) is 0. The van der Waals surface area contributed by atoms with Crippen molar-refractivity contribution in [2.24, 2.45) is 0 Å². The van der Waals surface area contributed by atoms with Crippen molar-refractivity contribution in [2.45, 2.75) is 20.1 Å². The number of ether oxygens (including phenoxy) is 1. The Morgan fingerprint density at radius 1 is 1.46 bits per heavy atom. The molecule has 0 saturated carbocycles. The van der Waals surface area contributed by atoms with E-state index in [1.165, 1.54) is 6.38 Å². The van der Waals surface area contributed by atoms with E-state index in [0.717, 1.165) is 0 Å². The van der Waals surface area contributed by atoms with Gasteiger partial charge in [0.2, 0.25) is 0 Å². The predicted molar refractivity (Wildman–Crippen MR) is 55.8 cm³/mol. The summed E-state index contributed by atoms with van der Waals surface area (Å²) in [6, 6.07) is 0. The maximum absolute atomic E-state index is 10.9. The van der Waals surface area contributed by atoms with Gasteiger partial charge >= 0.3 is 5.97 Å². The number of nitrogens with zero attached hydrogens (tertiary/aromatic N) is 1. The normalized spacial score (nSPS) is 11.3. The molecule has 4 heteroatoms. The second kappa shape index (κ2) is 8.08. The highest BCUT2D eigenvalue weighted by atomic mass is 35.5. The van der Waals surface area contributed by atoms with Gasteiger partial charge in [0.15, 0.2) is 6.23 Å². The molecule has 1 atom stereocenters. The lowest BCUT2D eigenvalue weighted by Gasteiger charge is -2.19. The summed E-state index contributed by atoms with van der Waals surface area (Å²) in [6.07, 6.45) is 1.28. The third kappa shape index (κ3) is 7.81. The van der Waals surface area contributed by atoms with E-state index >= 15 is 0 Å². The molecule has 0 aliphatic rings. The van der Waals surface area contributed by atoms with Crippen LogP contribution < -0.4 is 0 Å². The smallest absolute Gasteiger partial charge is 0.334 e. The van der Waals surface area contributed by atoms with Gasteiger partial charge in [-0.2, -0.15) is 0 Å². The lowest BCUT2D eigenvalue weighted by Crippen LogP contribution is -2.30. The van der Waals surface area contributed by atoms with Crippen molar-refractivity contribution in [1.82, 2.24) is 4.90 Å². The molecule has 0 N–H and O–H groups in total. The third-order valence-electron chi connectivity index (χ3n) is 1.35. The van der Waals surface area contributed by atoms with Gasteiger partial charge in [0.25, 0.3) is 0 Å². The SMILES string of the molecule is C=C(C)C(=O)OC(C)N(C)C.CCl. The summed E-state index contributed by atoms with van der Waals surface area (Å²) in [5.41, 5.74) is 0.429. The van der Waals surface area contributed by atoms with E-state index in [1.807, 2.05) is 14.1 Å². The molecule has 0 aliphatic carbocycles. The van der Waals surface area contributed by atoms with Crippen LogP contribution in [0.2, 0.25) is 0 Å². The fourth-order valence-corrected chi connectivity index (χ4v) is 0.361. The molecule has 0 radical (unpaired) electrons. The van der Waals surface area contributed by atoms with Crippen molar-refractivity contribution < 1.29 is 9.53 Å². The zero-order chi connectivity index (χ0) is 11.0. The van der Waals surface area contributed by atoms with Gasteiger partial charge in [-0.05, 0) is 27.9 Å². The van der Waals surface area contributed by atoms with E-state index < -0.39 is 0 Å². The van der Waals surface area contributed by atoms with Crippen molar-refractivity contribution in [2.75, 3.05) is 20.5 Å². The van der Waals surface area contributed by atoms with Gasteiger partial charge in [-0.1, -0.05) is 6.58 Å². The first kappa shape index (κ1) is 15.0. The molecule has 0 aromatic rings. The molecule has 1 unspecified atom stereocenters. The molecule has 13 heavy (non-hydrogen) atoms. The molecule has 0 aliphatic heterocycles. The summed E-state index contributed by atoms with van der Waals surface area (Å²) >= 11 is 4.64. The first-order valence-corrected chi connectivity index (χ1v) is 4.61. The molecule has 0 fully saturated rings. The maximum atomic E-state index is 10.9. The number of rotatable bonds is 3. The molecule has 0 heterocycles. The van der Waals surface area contributed by atoms with E-state index in [9.17, 15) is 4.79 Å². The molecular weight excluding hydrogens is 190 g/mol. The Labute approximate surface area is 85.3 Å². The Balaban J connectivity index is 0. The highest BCUT2D eigenvalue weighted by Gasteiger charge is 2.10. The standard InChI is InChI=1S/C8H15NO2.CH3Cl/c1-6(2)8(10)11-7(3)9(4)5;1-2/h7H,1H2,2-5H3;1H3. The number of esters is 1.